The second kappa shape index (κ2) is 6.11. The Balaban J connectivity index is 1.86. The number of benzene rings is 2. The van der Waals surface area contributed by atoms with E-state index in [9.17, 15) is 10.1 Å². The lowest BCUT2D eigenvalue weighted by Gasteiger charge is -2.18. The van der Waals surface area contributed by atoms with Crippen molar-refractivity contribution in [3.05, 3.63) is 64.9 Å². The zero-order chi connectivity index (χ0) is 17.4. The molecule has 0 bridgehead atoms. The molecule has 1 N–H and O–H groups in total. The fourth-order valence-corrected chi connectivity index (χ4v) is 3.80. The van der Waals surface area contributed by atoms with Crippen molar-refractivity contribution >= 4 is 40.0 Å². The third kappa shape index (κ3) is 2.69. The van der Waals surface area contributed by atoms with Crippen LogP contribution in [0.4, 0.5) is 5.69 Å². The van der Waals surface area contributed by atoms with E-state index in [4.69, 9.17) is 0 Å². The van der Waals surface area contributed by atoms with E-state index in [1.165, 1.54) is 11.8 Å². The first-order valence-electron chi connectivity index (χ1n) is 7.79. The second-order valence-electron chi connectivity index (χ2n) is 5.75. The minimum Gasteiger partial charge on any atom is -0.337 e. The number of aromatic amines is 1. The van der Waals surface area contributed by atoms with Crippen molar-refractivity contribution in [3.63, 3.8) is 0 Å². The van der Waals surface area contributed by atoms with Gasteiger partial charge in [0, 0.05) is 5.69 Å². The number of aromatic nitrogens is 2. The standard InChI is InChI=1S/C19H14N4OS/c1-12-6-8-13(9-7-12)23-17(24)11-25-19(23)14(10-20)18-21-15-4-2-3-5-16(15)22-18/h2-9H,11H2,1H3,(H,21,22). The van der Waals surface area contributed by atoms with Crippen LogP contribution in [0.25, 0.3) is 16.6 Å². The number of aryl methyl sites for hydroxylation is 1. The number of H-pyrrole nitrogens is 1. The van der Waals surface area contributed by atoms with E-state index in [1.807, 2.05) is 55.5 Å². The molecule has 1 aliphatic heterocycles. The van der Waals surface area contributed by atoms with Gasteiger partial charge in [0.25, 0.3) is 0 Å². The average molecular weight is 346 g/mol. The third-order valence-electron chi connectivity index (χ3n) is 4.03. The molecule has 1 amide bonds. The van der Waals surface area contributed by atoms with Crippen molar-refractivity contribution in [2.45, 2.75) is 6.92 Å². The Morgan fingerprint density at radius 3 is 2.72 bits per heavy atom. The lowest BCUT2D eigenvalue weighted by atomic mass is 10.2. The fourth-order valence-electron chi connectivity index (χ4n) is 2.78. The lowest BCUT2D eigenvalue weighted by molar-refractivity contribution is -0.115. The first kappa shape index (κ1) is 15.5. The van der Waals surface area contributed by atoms with Gasteiger partial charge in [-0.05, 0) is 31.2 Å². The quantitative estimate of drug-likeness (QED) is 0.716. The number of carbonyl (C=O) groups is 1. The Morgan fingerprint density at radius 1 is 1.24 bits per heavy atom. The van der Waals surface area contributed by atoms with Crippen LogP contribution in [0, 0.1) is 18.3 Å². The van der Waals surface area contributed by atoms with Crippen LogP contribution in [0.5, 0.6) is 0 Å². The average Bonchev–Trinajstić information content (AvgIpc) is 3.21. The molecule has 6 heteroatoms. The first-order valence-corrected chi connectivity index (χ1v) is 8.78. The highest BCUT2D eigenvalue weighted by atomic mass is 32.2. The van der Waals surface area contributed by atoms with Crippen LogP contribution in [0.3, 0.4) is 0 Å². The molecule has 0 unspecified atom stereocenters. The Kier molecular flexibility index (Phi) is 3.79. The smallest absolute Gasteiger partial charge is 0.242 e. The summed E-state index contributed by atoms with van der Waals surface area (Å²) in [4.78, 5) is 21.7. The molecular weight excluding hydrogens is 332 g/mol. The van der Waals surface area contributed by atoms with Gasteiger partial charge in [-0.3, -0.25) is 9.69 Å². The number of imidazole rings is 1. The number of rotatable bonds is 2. The van der Waals surface area contributed by atoms with Gasteiger partial charge in [0.15, 0.2) is 5.82 Å². The summed E-state index contributed by atoms with van der Waals surface area (Å²) in [5.74, 6) is 0.764. The van der Waals surface area contributed by atoms with E-state index in [1.54, 1.807) is 4.90 Å². The number of nitrogens with one attached hydrogen (secondary N) is 1. The highest BCUT2D eigenvalue weighted by Crippen LogP contribution is 2.38. The summed E-state index contributed by atoms with van der Waals surface area (Å²) in [5, 5.41) is 10.4. The Labute approximate surface area is 149 Å². The minimum absolute atomic E-state index is 0.0345. The van der Waals surface area contributed by atoms with Crippen LogP contribution in [-0.4, -0.2) is 21.6 Å². The molecule has 1 fully saturated rings. The number of nitrogens with zero attached hydrogens (tertiary/aromatic N) is 3. The number of thioether (sulfide) groups is 1. The number of allylic oxidation sites excluding steroid dienone is 1. The first-order chi connectivity index (χ1) is 12.2. The molecule has 1 saturated heterocycles. The normalized spacial score (nSPS) is 16.3. The van der Waals surface area contributed by atoms with Crippen molar-refractivity contribution in [1.82, 2.24) is 9.97 Å². The van der Waals surface area contributed by atoms with Gasteiger partial charge >= 0.3 is 0 Å². The van der Waals surface area contributed by atoms with Crippen LogP contribution >= 0.6 is 11.8 Å². The molecule has 5 nitrogen and oxygen atoms in total. The SMILES string of the molecule is Cc1ccc(N2C(=O)CSC2=C(C#N)c2nc3ccccc3[nH]2)cc1. The predicted octanol–water partition coefficient (Wildman–Crippen LogP) is 3.84. The summed E-state index contributed by atoms with van der Waals surface area (Å²) >= 11 is 1.37. The number of carbonyl (C=O) groups excluding carboxylic acids is 1. The largest absolute Gasteiger partial charge is 0.337 e. The van der Waals surface area contributed by atoms with E-state index >= 15 is 0 Å². The summed E-state index contributed by atoms with van der Waals surface area (Å²) in [6.07, 6.45) is 0. The summed E-state index contributed by atoms with van der Waals surface area (Å²) in [6, 6.07) is 17.5. The van der Waals surface area contributed by atoms with Crippen LogP contribution < -0.4 is 4.90 Å². The molecule has 1 aliphatic rings. The number of nitriles is 1. The highest BCUT2D eigenvalue weighted by Gasteiger charge is 2.32. The Morgan fingerprint density at radius 2 is 2.00 bits per heavy atom. The van der Waals surface area contributed by atoms with Crippen LogP contribution in [0.15, 0.2) is 53.6 Å². The zero-order valence-corrected chi connectivity index (χ0v) is 14.3. The van der Waals surface area contributed by atoms with Gasteiger partial charge in [-0.15, -0.1) is 0 Å². The summed E-state index contributed by atoms with van der Waals surface area (Å²) in [7, 11) is 0. The number of fused-ring (bicyclic) bond motifs is 1. The van der Waals surface area contributed by atoms with E-state index in [2.05, 4.69) is 16.0 Å². The molecule has 3 aromatic rings. The summed E-state index contributed by atoms with van der Waals surface area (Å²) in [5.41, 5.74) is 3.92. The molecular formula is C19H14N4OS. The van der Waals surface area contributed by atoms with Gasteiger partial charge < -0.3 is 4.98 Å². The van der Waals surface area contributed by atoms with Crippen molar-refractivity contribution in [2.75, 3.05) is 10.7 Å². The van der Waals surface area contributed by atoms with E-state index in [0.29, 0.717) is 22.2 Å². The molecule has 0 saturated carbocycles. The van der Waals surface area contributed by atoms with Crippen molar-refractivity contribution in [1.29, 1.82) is 5.26 Å². The zero-order valence-electron chi connectivity index (χ0n) is 13.5. The summed E-state index contributed by atoms with van der Waals surface area (Å²) < 4.78 is 0. The molecule has 1 aromatic heterocycles. The number of anilines is 1. The van der Waals surface area contributed by atoms with Gasteiger partial charge in [0.05, 0.1) is 16.8 Å². The Bertz CT molecular complexity index is 1010. The molecule has 0 spiro atoms. The van der Waals surface area contributed by atoms with Crippen molar-refractivity contribution in [3.8, 4) is 6.07 Å². The molecule has 0 atom stereocenters. The lowest BCUT2D eigenvalue weighted by Crippen LogP contribution is -2.24. The topological polar surface area (TPSA) is 72.8 Å². The van der Waals surface area contributed by atoms with Gasteiger partial charge in [0.2, 0.25) is 5.91 Å². The number of amides is 1. The summed E-state index contributed by atoms with van der Waals surface area (Å²) in [6.45, 7) is 2.00. The molecule has 4 rings (SSSR count). The number of hydrogen-bond acceptors (Lipinski definition) is 4. The molecule has 0 radical (unpaired) electrons. The van der Waals surface area contributed by atoms with Gasteiger partial charge in [-0.1, -0.05) is 41.6 Å². The van der Waals surface area contributed by atoms with Gasteiger partial charge in [-0.25, -0.2) is 4.98 Å². The fraction of sp³-hybridized carbons (Fsp3) is 0.105. The van der Waals surface area contributed by atoms with Crippen LogP contribution in [0.2, 0.25) is 0 Å². The maximum Gasteiger partial charge on any atom is 0.242 e. The molecule has 2 aromatic carbocycles. The molecule has 0 aliphatic carbocycles. The van der Waals surface area contributed by atoms with E-state index in [-0.39, 0.29) is 5.91 Å². The Hall–Kier alpha value is -3.04. The van der Waals surface area contributed by atoms with Crippen LogP contribution in [0.1, 0.15) is 11.4 Å². The minimum atomic E-state index is -0.0345. The number of hydrogen-bond donors (Lipinski definition) is 1. The third-order valence-corrected chi connectivity index (χ3v) is 5.08. The van der Waals surface area contributed by atoms with E-state index in [0.717, 1.165) is 22.3 Å². The van der Waals surface area contributed by atoms with Gasteiger partial charge in [-0.2, -0.15) is 5.26 Å². The van der Waals surface area contributed by atoms with Gasteiger partial charge in [0.1, 0.15) is 16.7 Å². The number of para-hydroxylation sites is 2. The maximum atomic E-state index is 12.4. The maximum absolute atomic E-state index is 12.4. The molecule has 122 valence electrons. The highest BCUT2D eigenvalue weighted by molar-refractivity contribution is 8.04. The second-order valence-corrected chi connectivity index (χ2v) is 6.71. The monoisotopic (exact) mass is 346 g/mol. The van der Waals surface area contributed by atoms with Crippen molar-refractivity contribution in [2.24, 2.45) is 0 Å². The van der Waals surface area contributed by atoms with E-state index < -0.39 is 0 Å². The predicted molar refractivity (Wildman–Crippen MR) is 99.7 cm³/mol. The molecule has 25 heavy (non-hydrogen) atoms. The van der Waals surface area contributed by atoms with Crippen LogP contribution in [-0.2, 0) is 4.79 Å². The van der Waals surface area contributed by atoms with Crippen molar-refractivity contribution < 1.29 is 4.79 Å². The molecule has 2 heterocycles.